The third kappa shape index (κ3) is 2.35. The molecule has 1 saturated heterocycles. The first-order valence-electron chi connectivity index (χ1n) is 6.46. The number of nitrogens with zero attached hydrogens (tertiary/aromatic N) is 1. The number of methoxy groups -OCH3 is 2. The van der Waals surface area contributed by atoms with E-state index >= 15 is 0 Å². The zero-order chi connectivity index (χ0) is 14.9. The number of likely N-dealkylation sites (N-methyl/N-ethyl adjacent to an activating group) is 1. The second-order valence-electron chi connectivity index (χ2n) is 4.95. The van der Waals surface area contributed by atoms with E-state index in [0.717, 1.165) is 5.56 Å². The lowest BCUT2D eigenvalue weighted by molar-refractivity contribution is 0.0182. The van der Waals surface area contributed by atoms with E-state index in [1.807, 2.05) is 0 Å². The summed E-state index contributed by atoms with van der Waals surface area (Å²) in [6.45, 7) is -0.225. The lowest BCUT2D eigenvalue weighted by Gasteiger charge is -2.26. The van der Waals surface area contributed by atoms with Crippen LogP contribution in [0.15, 0.2) is 18.2 Å². The van der Waals surface area contributed by atoms with Crippen LogP contribution in [0.5, 0.6) is 11.5 Å². The fourth-order valence-corrected chi connectivity index (χ4v) is 2.81. The normalized spacial score (nSPS) is 30.5. The van der Waals surface area contributed by atoms with Crippen LogP contribution in [0.3, 0.4) is 0 Å². The molecule has 3 N–H and O–H groups in total. The number of hydrogen-bond donors (Lipinski definition) is 3. The van der Waals surface area contributed by atoms with Crippen molar-refractivity contribution in [3.8, 4) is 11.5 Å². The van der Waals surface area contributed by atoms with Crippen LogP contribution in [0, 0.1) is 0 Å². The fraction of sp³-hybridized carbons (Fsp3) is 0.571. The summed E-state index contributed by atoms with van der Waals surface area (Å²) in [6, 6.07) is 4.32. The Bertz CT molecular complexity index is 467. The maximum Gasteiger partial charge on any atom is 0.124 e. The summed E-state index contributed by atoms with van der Waals surface area (Å²) in [7, 11) is 4.86. The first-order chi connectivity index (χ1) is 9.54. The molecule has 1 heterocycles. The molecule has 6 nitrogen and oxygen atoms in total. The van der Waals surface area contributed by atoms with Crippen LogP contribution in [0.4, 0.5) is 0 Å². The second-order valence-corrected chi connectivity index (χ2v) is 4.95. The molecule has 0 aliphatic carbocycles. The summed E-state index contributed by atoms with van der Waals surface area (Å²) in [5.41, 5.74) is 0.719. The Morgan fingerprint density at radius 2 is 1.85 bits per heavy atom. The summed E-state index contributed by atoms with van der Waals surface area (Å²) >= 11 is 0. The molecule has 0 amide bonds. The molecule has 4 atom stereocenters. The van der Waals surface area contributed by atoms with Gasteiger partial charge in [-0.1, -0.05) is 0 Å². The predicted molar refractivity (Wildman–Crippen MR) is 72.9 cm³/mol. The van der Waals surface area contributed by atoms with E-state index in [1.165, 1.54) is 0 Å². The second kappa shape index (κ2) is 5.97. The first-order valence-corrected chi connectivity index (χ1v) is 6.46. The van der Waals surface area contributed by atoms with Crippen LogP contribution >= 0.6 is 0 Å². The van der Waals surface area contributed by atoms with Crippen LogP contribution in [0.25, 0.3) is 0 Å². The molecule has 0 bridgehead atoms. The van der Waals surface area contributed by atoms with Crippen molar-refractivity contribution in [1.29, 1.82) is 0 Å². The Kier molecular flexibility index (Phi) is 4.49. The Balaban J connectivity index is 2.44. The summed E-state index contributed by atoms with van der Waals surface area (Å²) < 4.78 is 10.5. The van der Waals surface area contributed by atoms with Gasteiger partial charge >= 0.3 is 0 Å². The van der Waals surface area contributed by atoms with Gasteiger partial charge < -0.3 is 24.8 Å². The average molecular weight is 283 g/mol. The summed E-state index contributed by atoms with van der Waals surface area (Å²) in [4.78, 5) is 1.76. The van der Waals surface area contributed by atoms with E-state index in [9.17, 15) is 15.3 Å². The molecule has 1 aromatic rings. The molecule has 1 fully saturated rings. The van der Waals surface area contributed by atoms with Crippen molar-refractivity contribution in [2.24, 2.45) is 0 Å². The molecule has 1 aliphatic rings. The number of aliphatic hydroxyl groups is 3. The number of likely N-dealkylation sites (tertiary alicyclic amines) is 1. The fourth-order valence-electron chi connectivity index (χ4n) is 2.81. The SMILES string of the molecule is COc1ccc(OC)c([C@@H]2[C@@H](O)[C@H](O)[C@@H](CO)N2C)c1. The van der Waals surface area contributed by atoms with E-state index < -0.39 is 24.3 Å². The van der Waals surface area contributed by atoms with E-state index in [-0.39, 0.29) is 6.61 Å². The molecule has 0 radical (unpaired) electrons. The van der Waals surface area contributed by atoms with Gasteiger partial charge in [0.1, 0.15) is 17.6 Å². The van der Waals surface area contributed by atoms with E-state index in [0.29, 0.717) is 11.5 Å². The minimum atomic E-state index is -1.01. The van der Waals surface area contributed by atoms with Gasteiger partial charge in [0.15, 0.2) is 0 Å². The van der Waals surface area contributed by atoms with Gasteiger partial charge in [-0.2, -0.15) is 0 Å². The highest BCUT2D eigenvalue weighted by Gasteiger charge is 2.47. The molecular formula is C14H21NO5. The van der Waals surface area contributed by atoms with Crippen molar-refractivity contribution in [2.75, 3.05) is 27.9 Å². The maximum atomic E-state index is 10.3. The molecule has 20 heavy (non-hydrogen) atoms. The van der Waals surface area contributed by atoms with E-state index in [2.05, 4.69) is 0 Å². The minimum absolute atomic E-state index is 0.225. The molecule has 0 spiro atoms. The van der Waals surface area contributed by atoms with Gasteiger partial charge in [0, 0.05) is 5.56 Å². The van der Waals surface area contributed by atoms with Gasteiger partial charge in [-0.05, 0) is 25.2 Å². The van der Waals surface area contributed by atoms with Crippen molar-refractivity contribution in [3.63, 3.8) is 0 Å². The van der Waals surface area contributed by atoms with Gasteiger partial charge in [-0.25, -0.2) is 0 Å². The smallest absolute Gasteiger partial charge is 0.124 e. The number of hydrogen-bond acceptors (Lipinski definition) is 6. The van der Waals surface area contributed by atoms with Crippen LogP contribution < -0.4 is 9.47 Å². The molecule has 112 valence electrons. The predicted octanol–water partition coefficient (Wildman–Crippen LogP) is -0.227. The molecule has 1 aromatic carbocycles. The monoisotopic (exact) mass is 283 g/mol. The van der Waals surface area contributed by atoms with Gasteiger partial charge in [0.25, 0.3) is 0 Å². The molecular weight excluding hydrogens is 262 g/mol. The van der Waals surface area contributed by atoms with Crippen molar-refractivity contribution in [2.45, 2.75) is 24.3 Å². The standard InChI is InChI=1S/C14H21NO5/c1-15-10(7-16)13(17)14(18)12(15)9-6-8(19-2)4-5-11(9)20-3/h4-6,10,12-14,16-18H,7H2,1-3H3/t10-,12-,13-,14-/m1/s1. The Hall–Kier alpha value is -1.34. The molecule has 0 aromatic heterocycles. The van der Waals surface area contributed by atoms with E-state index in [4.69, 9.17) is 9.47 Å². The van der Waals surface area contributed by atoms with Gasteiger partial charge in [0.05, 0.1) is 39.0 Å². The molecule has 0 saturated carbocycles. The first kappa shape index (κ1) is 15.1. The zero-order valence-electron chi connectivity index (χ0n) is 11.9. The lowest BCUT2D eigenvalue weighted by atomic mass is 9.99. The van der Waals surface area contributed by atoms with Gasteiger partial charge in [-0.15, -0.1) is 0 Å². The number of ether oxygens (including phenoxy) is 2. The zero-order valence-corrected chi connectivity index (χ0v) is 11.9. The van der Waals surface area contributed by atoms with Crippen LogP contribution in [-0.4, -0.2) is 66.3 Å². The lowest BCUT2D eigenvalue weighted by Crippen LogP contribution is -2.37. The minimum Gasteiger partial charge on any atom is -0.497 e. The summed E-state index contributed by atoms with van der Waals surface area (Å²) in [6.07, 6.45) is -2.01. The Morgan fingerprint density at radius 3 is 2.35 bits per heavy atom. The number of aliphatic hydroxyl groups excluding tert-OH is 3. The van der Waals surface area contributed by atoms with Gasteiger partial charge in [0.2, 0.25) is 0 Å². The summed E-state index contributed by atoms with van der Waals surface area (Å²) in [5, 5.41) is 29.6. The Labute approximate surface area is 118 Å². The van der Waals surface area contributed by atoms with Gasteiger partial charge in [-0.3, -0.25) is 4.90 Å². The topological polar surface area (TPSA) is 82.4 Å². The molecule has 0 unspecified atom stereocenters. The Morgan fingerprint density at radius 1 is 1.15 bits per heavy atom. The van der Waals surface area contributed by atoms with Crippen molar-refractivity contribution < 1.29 is 24.8 Å². The third-order valence-electron chi connectivity index (χ3n) is 3.97. The molecule has 2 rings (SSSR count). The third-order valence-corrected chi connectivity index (χ3v) is 3.97. The molecule has 1 aliphatic heterocycles. The molecule has 6 heteroatoms. The van der Waals surface area contributed by atoms with Crippen molar-refractivity contribution in [3.05, 3.63) is 23.8 Å². The van der Waals surface area contributed by atoms with Crippen molar-refractivity contribution in [1.82, 2.24) is 4.90 Å². The van der Waals surface area contributed by atoms with Crippen LogP contribution in [-0.2, 0) is 0 Å². The highest BCUT2D eigenvalue weighted by atomic mass is 16.5. The highest BCUT2D eigenvalue weighted by molar-refractivity contribution is 5.43. The van der Waals surface area contributed by atoms with Crippen LogP contribution in [0.2, 0.25) is 0 Å². The summed E-state index contributed by atoms with van der Waals surface area (Å²) in [5.74, 6) is 1.25. The number of rotatable bonds is 4. The van der Waals surface area contributed by atoms with Crippen molar-refractivity contribution >= 4 is 0 Å². The number of benzene rings is 1. The quantitative estimate of drug-likeness (QED) is 0.708. The van der Waals surface area contributed by atoms with Crippen LogP contribution in [0.1, 0.15) is 11.6 Å². The highest BCUT2D eigenvalue weighted by Crippen LogP contribution is 2.40. The van der Waals surface area contributed by atoms with E-state index in [1.54, 1.807) is 44.4 Å². The largest absolute Gasteiger partial charge is 0.497 e. The average Bonchev–Trinajstić information content (AvgIpc) is 2.68. The maximum absolute atomic E-state index is 10.3.